The van der Waals surface area contributed by atoms with Gasteiger partial charge in [-0.2, -0.15) is 0 Å². The topological polar surface area (TPSA) is 54.5 Å². The first-order valence-electron chi connectivity index (χ1n) is 7.82. The lowest BCUT2D eigenvalue weighted by Gasteiger charge is -2.38. The molecule has 0 atom stereocenters. The Morgan fingerprint density at radius 3 is 2.70 bits per heavy atom. The van der Waals surface area contributed by atoms with Gasteiger partial charge in [-0.15, -0.1) is 24.8 Å². The van der Waals surface area contributed by atoms with Crippen molar-refractivity contribution in [2.24, 2.45) is 5.41 Å². The van der Waals surface area contributed by atoms with Crippen LogP contribution in [0.4, 0.5) is 0 Å². The number of nitrogens with one attached hydrogen (secondary N) is 1. The normalized spacial score (nSPS) is 18.9. The molecule has 0 unspecified atom stereocenters. The van der Waals surface area contributed by atoms with E-state index in [-0.39, 0.29) is 30.7 Å². The van der Waals surface area contributed by atoms with Gasteiger partial charge < -0.3 is 15.0 Å². The van der Waals surface area contributed by atoms with Crippen LogP contribution >= 0.6 is 24.8 Å². The number of ether oxygens (including phenoxy) is 1. The molecular formula is C16H25Cl2N3O2. The maximum Gasteiger partial charge on any atom is 0.276 e. The number of piperidine rings is 1. The largest absolute Gasteiger partial charge is 0.491 e. The van der Waals surface area contributed by atoms with Crippen LogP contribution < -0.4 is 10.1 Å². The van der Waals surface area contributed by atoms with Crippen molar-refractivity contribution in [1.29, 1.82) is 0 Å². The number of hydrogen-bond acceptors (Lipinski definition) is 4. The third-order valence-electron chi connectivity index (χ3n) is 4.72. The summed E-state index contributed by atoms with van der Waals surface area (Å²) in [5.41, 5.74) is 0.865. The molecule has 7 heteroatoms. The second-order valence-corrected chi connectivity index (χ2v) is 6.00. The molecule has 1 N–H and O–H groups in total. The molecule has 0 bridgehead atoms. The van der Waals surface area contributed by atoms with E-state index < -0.39 is 0 Å². The van der Waals surface area contributed by atoms with E-state index in [2.05, 4.69) is 10.3 Å². The first kappa shape index (κ1) is 20.0. The highest BCUT2D eigenvalue weighted by Crippen LogP contribution is 2.37. The van der Waals surface area contributed by atoms with E-state index >= 15 is 0 Å². The zero-order valence-electron chi connectivity index (χ0n) is 13.4. The summed E-state index contributed by atoms with van der Waals surface area (Å²) in [5.74, 6) is 0.590. The maximum absolute atomic E-state index is 12.7. The zero-order valence-corrected chi connectivity index (χ0v) is 15.0. The summed E-state index contributed by atoms with van der Waals surface area (Å²) in [6, 6.07) is 3.62. The van der Waals surface area contributed by atoms with Crippen LogP contribution in [-0.4, -0.2) is 48.6 Å². The molecule has 0 saturated carbocycles. The zero-order chi connectivity index (χ0) is 14.7. The Kier molecular flexibility index (Phi) is 7.58. The molecule has 1 aromatic heterocycles. The van der Waals surface area contributed by atoms with Gasteiger partial charge in [0.25, 0.3) is 5.91 Å². The quantitative estimate of drug-likeness (QED) is 0.898. The van der Waals surface area contributed by atoms with Crippen LogP contribution in [0.3, 0.4) is 0 Å². The lowest BCUT2D eigenvalue weighted by molar-refractivity contribution is 0.0598. The maximum atomic E-state index is 12.7. The number of rotatable bonds is 3. The van der Waals surface area contributed by atoms with E-state index in [9.17, 15) is 4.79 Å². The smallest absolute Gasteiger partial charge is 0.276 e. The third kappa shape index (κ3) is 4.28. The summed E-state index contributed by atoms with van der Waals surface area (Å²) in [5, 5.41) is 3.45. The second kappa shape index (κ2) is 8.71. The van der Waals surface area contributed by atoms with Crippen molar-refractivity contribution in [3.05, 3.63) is 24.0 Å². The van der Waals surface area contributed by atoms with Crippen molar-refractivity contribution >= 4 is 30.7 Å². The highest BCUT2D eigenvalue weighted by atomic mass is 35.5. The highest BCUT2D eigenvalue weighted by molar-refractivity contribution is 5.95. The Hall–Kier alpha value is -1.04. The number of aromatic nitrogens is 1. The molecule has 130 valence electrons. The van der Waals surface area contributed by atoms with Crippen LogP contribution in [0.1, 0.15) is 36.7 Å². The number of halogens is 2. The molecule has 23 heavy (non-hydrogen) atoms. The number of hydrogen-bond donors (Lipinski definition) is 1. The molecule has 1 spiro atoms. The third-order valence-corrected chi connectivity index (χ3v) is 4.72. The van der Waals surface area contributed by atoms with Crippen LogP contribution in [0.2, 0.25) is 0 Å². The molecule has 3 rings (SSSR count). The minimum absolute atomic E-state index is 0. The standard InChI is InChI=1S/C16H23N3O2.2ClH/c1-2-21-13-4-3-8-18-14(13)15(20)19-10-6-16(7-11-19)5-9-17-12-16;;/h3-4,8,17H,2,5-7,9-12H2,1H3;2*1H. The van der Waals surface area contributed by atoms with Crippen LogP contribution in [0.15, 0.2) is 18.3 Å². The summed E-state index contributed by atoms with van der Waals surface area (Å²) in [6.45, 7) is 6.32. The summed E-state index contributed by atoms with van der Waals surface area (Å²) in [6.07, 6.45) is 5.07. The molecule has 0 aliphatic carbocycles. The Balaban J connectivity index is 0.00000132. The lowest BCUT2D eigenvalue weighted by atomic mass is 9.78. The molecule has 2 saturated heterocycles. The van der Waals surface area contributed by atoms with Gasteiger partial charge in [0.05, 0.1) is 6.61 Å². The number of amides is 1. The van der Waals surface area contributed by atoms with Gasteiger partial charge in [0.1, 0.15) is 0 Å². The Morgan fingerprint density at radius 2 is 2.09 bits per heavy atom. The molecule has 2 fully saturated rings. The summed E-state index contributed by atoms with van der Waals surface area (Å²) < 4.78 is 5.52. The van der Waals surface area contributed by atoms with Crippen LogP contribution in [-0.2, 0) is 0 Å². The van der Waals surface area contributed by atoms with Gasteiger partial charge in [-0.3, -0.25) is 4.79 Å². The van der Waals surface area contributed by atoms with Crippen molar-refractivity contribution in [2.75, 3.05) is 32.8 Å². The van der Waals surface area contributed by atoms with Gasteiger partial charge in [-0.05, 0) is 50.3 Å². The predicted octanol–water partition coefficient (Wildman–Crippen LogP) is 2.54. The lowest BCUT2D eigenvalue weighted by Crippen LogP contribution is -2.44. The minimum Gasteiger partial charge on any atom is -0.491 e. The molecule has 2 aliphatic heterocycles. The first-order valence-corrected chi connectivity index (χ1v) is 7.82. The minimum atomic E-state index is -0.000133. The number of likely N-dealkylation sites (tertiary alicyclic amines) is 1. The fourth-order valence-corrected chi connectivity index (χ4v) is 3.38. The highest BCUT2D eigenvalue weighted by Gasteiger charge is 2.38. The van der Waals surface area contributed by atoms with Gasteiger partial charge in [-0.25, -0.2) is 4.98 Å². The molecule has 1 aromatic rings. The van der Waals surface area contributed by atoms with Crippen LogP contribution in [0, 0.1) is 5.41 Å². The van der Waals surface area contributed by atoms with Crippen molar-refractivity contribution < 1.29 is 9.53 Å². The number of carbonyl (C=O) groups excluding carboxylic acids is 1. The van der Waals surface area contributed by atoms with E-state index in [4.69, 9.17) is 4.74 Å². The van der Waals surface area contributed by atoms with E-state index in [0.29, 0.717) is 23.5 Å². The fourth-order valence-electron chi connectivity index (χ4n) is 3.38. The monoisotopic (exact) mass is 361 g/mol. The predicted molar refractivity (Wildman–Crippen MR) is 95.0 cm³/mol. The SMILES string of the molecule is CCOc1cccnc1C(=O)N1CCC2(CCNC2)CC1.Cl.Cl. The van der Waals surface area contributed by atoms with E-state index in [1.807, 2.05) is 17.9 Å². The molecule has 5 nitrogen and oxygen atoms in total. The molecule has 3 heterocycles. The van der Waals surface area contributed by atoms with Gasteiger partial charge in [-0.1, -0.05) is 0 Å². The van der Waals surface area contributed by atoms with Gasteiger partial charge in [0.15, 0.2) is 11.4 Å². The number of nitrogens with zero attached hydrogens (tertiary/aromatic N) is 2. The summed E-state index contributed by atoms with van der Waals surface area (Å²) >= 11 is 0. The van der Waals surface area contributed by atoms with Crippen molar-refractivity contribution in [2.45, 2.75) is 26.2 Å². The molecular weight excluding hydrogens is 337 g/mol. The molecule has 0 aromatic carbocycles. The van der Waals surface area contributed by atoms with Gasteiger partial charge in [0.2, 0.25) is 0 Å². The van der Waals surface area contributed by atoms with Crippen molar-refractivity contribution in [3.8, 4) is 5.75 Å². The average Bonchev–Trinajstić information content (AvgIpc) is 2.97. The molecule has 0 radical (unpaired) electrons. The van der Waals surface area contributed by atoms with Crippen LogP contribution in [0.25, 0.3) is 0 Å². The van der Waals surface area contributed by atoms with E-state index in [0.717, 1.165) is 39.0 Å². The van der Waals surface area contributed by atoms with E-state index in [1.54, 1.807) is 12.3 Å². The molecule has 2 aliphatic rings. The van der Waals surface area contributed by atoms with E-state index in [1.165, 1.54) is 6.42 Å². The summed E-state index contributed by atoms with van der Waals surface area (Å²) in [4.78, 5) is 18.8. The Labute approximate surface area is 150 Å². The fraction of sp³-hybridized carbons (Fsp3) is 0.625. The first-order chi connectivity index (χ1) is 10.2. The average molecular weight is 362 g/mol. The van der Waals surface area contributed by atoms with Gasteiger partial charge >= 0.3 is 0 Å². The Morgan fingerprint density at radius 1 is 1.35 bits per heavy atom. The number of pyridine rings is 1. The molecule has 1 amide bonds. The Bertz CT molecular complexity index is 512. The second-order valence-electron chi connectivity index (χ2n) is 6.00. The van der Waals surface area contributed by atoms with Crippen molar-refractivity contribution in [1.82, 2.24) is 15.2 Å². The van der Waals surface area contributed by atoms with Gasteiger partial charge in [0, 0.05) is 25.8 Å². The van der Waals surface area contributed by atoms with Crippen LogP contribution in [0.5, 0.6) is 5.75 Å². The number of carbonyl (C=O) groups is 1. The summed E-state index contributed by atoms with van der Waals surface area (Å²) in [7, 11) is 0. The van der Waals surface area contributed by atoms with Crippen molar-refractivity contribution in [3.63, 3.8) is 0 Å².